The highest BCUT2D eigenvalue weighted by Gasteiger charge is 2.05. The molecule has 0 saturated heterocycles. The zero-order chi connectivity index (χ0) is 13.7. The van der Waals surface area contributed by atoms with Crippen molar-refractivity contribution in [1.82, 2.24) is 10.3 Å². The molecule has 0 fully saturated rings. The van der Waals surface area contributed by atoms with Crippen LogP contribution in [0.15, 0.2) is 42.6 Å². The summed E-state index contributed by atoms with van der Waals surface area (Å²) in [6, 6.07) is 10.3. The molecule has 0 bridgehead atoms. The Balaban J connectivity index is 1.88. The second-order valence-electron chi connectivity index (χ2n) is 3.78. The minimum Gasteiger partial charge on any atom is -0.334 e. The summed E-state index contributed by atoms with van der Waals surface area (Å²) in [5, 5.41) is 6.25. The Morgan fingerprint density at radius 2 is 1.89 bits per heavy atom. The Kier molecular flexibility index (Phi) is 4.60. The van der Waals surface area contributed by atoms with E-state index < -0.39 is 0 Å². The smallest absolute Gasteiger partial charge is 0.319 e. The van der Waals surface area contributed by atoms with E-state index in [-0.39, 0.29) is 11.2 Å². The van der Waals surface area contributed by atoms with E-state index in [1.54, 1.807) is 30.5 Å². The lowest BCUT2D eigenvalue weighted by molar-refractivity contribution is 0.251. The first kappa shape index (κ1) is 13.6. The fourth-order valence-electron chi connectivity index (χ4n) is 1.43. The van der Waals surface area contributed by atoms with Crippen LogP contribution in [0.4, 0.5) is 10.5 Å². The fraction of sp³-hybridized carbons (Fsp3) is 0.0769. The van der Waals surface area contributed by atoms with Gasteiger partial charge in [0.05, 0.1) is 5.69 Å². The first-order valence-electron chi connectivity index (χ1n) is 5.55. The molecule has 98 valence electrons. The van der Waals surface area contributed by atoms with Crippen molar-refractivity contribution in [3.8, 4) is 0 Å². The van der Waals surface area contributed by atoms with Crippen molar-refractivity contribution >= 4 is 34.9 Å². The molecule has 4 nitrogen and oxygen atoms in total. The number of anilines is 1. The highest BCUT2D eigenvalue weighted by atomic mass is 35.5. The predicted molar refractivity (Wildman–Crippen MR) is 76.6 cm³/mol. The van der Waals surface area contributed by atoms with Gasteiger partial charge >= 0.3 is 6.03 Å². The highest BCUT2D eigenvalue weighted by molar-refractivity contribution is 6.32. The summed E-state index contributed by atoms with van der Waals surface area (Å²) in [7, 11) is 0. The van der Waals surface area contributed by atoms with Crippen LogP contribution in [0.1, 0.15) is 5.56 Å². The molecule has 2 aromatic rings. The fourth-order valence-corrected chi connectivity index (χ4v) is 1.72. The van der Waals surface area contributed by atoms with E-state index in [4.69, 9.17) is 23.2 Å². The molecule has 0 aliphatic heterocycles. The molecule has 0 saturated carbocycles. The van der Waals surface area contributed by atoms with E-state index in [9.17, 15) is 4.79 Å². The van der Waals surface area contributed by atoms with Gasteiger partial charge < -0.3 is 10.6 Å². The van der Waals surface area contributed by atoms with Gasteiger partial charge in [-0.15, -0.1) is 0 Å². The van der Waals surface area contributed by atoms with Gasteiger partial charge in [-0.25, -0.2) is 9.78 Å². The number of nitrogens with one attached hydrogen (secondary N) is 2. The maximum Gasteiger partial charge on any atom is 0.319 e. The zero-order valence-corrected chi connectivity index (χ0v) is 11.4. The Hall–Kier alpha value is -1.78. The highest BCUT2D eigenvalue weighted by Crippen LogP contribution is 2.17. The predicted octanol–water partition coefficient (Wildman–Crippen LogP) is 3.71. The van der Waals surface area contributed by atoms with Crippen molar-refractivity contribution in [3.05, 3.63) is 58.3 Å². The molecular weight excluding hydrogens is 285 g/mol. The standard InChI is InChI=1S/C13H11Cl2N3O/c14-10-5-3-9(4-6-10)8-17-13(19)18-11-2-1-7-16-12(11)15/h1-7H,8H2,(H2,17,18,19). The molecule has 19 heavy (non-hydrogen) atoms. The SMILES string of the molecule is O=C(NCc1ccc(Cl)cc1)Nc1cccnc1Cl. The molecule has 1 aromatic carbocycles. The van der Waals surface area contributed by atoms with Crippen molar-refractivity contribution in [2.75, 3.05) is 5.32 Å². The number of hydrogen-bond donors (Lipinski definition) is 2. The van der Waals surface area contributed by atoms with Crippen LogP contribution in [0.25, 0.3) is 0 Å². The number of nitrogens with zero attached hydrogens (tertiary/aromatic N) is 1. The number of hydrogen-bond acceptors (Lipinski definition) is 2. The number of benzene rings is 1. The topological polar surface area (TPSA) is 54.0 Å². The number of urea groups is 1. The first-order chi connectivity index (χ1) is 9.15. The van der Waals surface area contributed by atoms with Crippen LogP contribution in [0.5, 0.6) is 0 Å². The van der Waals surface area contributed by atoms with Gasteiger partial charge in [-0.05, 0) is 29.8 Å². The number of carbonyl (C=O) groups is 1. The van der Waals surface area contributed by atoms with Crippen LogP contribution >= 0.6 is 23.2 Å². The quantitative estimate of drug-likeness (QED) is 0.848. The third kappa shape index (κ3) is 4.12. The van der Waals surface area contributed by atoms with E-state index in [0.29, 0.717) is 17.3 Å². The van der Waals surface area contributed by atoms with Gasteiger partial charge in [0.15, 0.2) is 5.15 Å². The van der Waals surface area contributed by atoms with E-state index in [1.807, 2.05) is 12.1 Å². The largest absolute Gasteiger partial charge is 0.334 e. The number of carbonyl (C=O) groups excluding carboxylic acids is 1. The van der Waals surface area contributed by atoms with E-state index in [1.165, 1.54) is 0 Å². The molecule has 2 N–H and O–H groups in total. The molecule has 6 heteroatoms. The molecular formula is C13H11Cl2N3O. The van der Waals surface area contributed by atoms with Crippen LogP contribution in [-0.4, -0.2) is 11.0 Å². The third-order valence-corrected chi connectivity index (χ3v) is 2.93. The normalized spacial score (nSPS) is 10.0. The molecule has 0 atom stereocenters. The second kappa shape index (κ2) is 6.41. The molecule has 0 spiro atoms. The molecule has 2 rings (SSSR count). The number of amides is 2. The summed E-state index contributed by atoms with van der Waals surface area (Å²) in [5.41, 5.74) is 1.43. The zero-order valence-electron chi connectivity index (χ0n) is 9.86. The van der Waals surface area contributed by atoms with E-state index in [2.05, 4.69) is 15.6 Å². The van der Waals surface area contributed by atoms with Gasteiger partial charge in [0.25, 0.3) is 0 Å². The maximum atomic E-state index is 11.7. The molecule has 1 aromatic heterocycles. The van der Waals surface area contributed by atoms with Crippen molar-refractivity contribution in [2.24, 2.45) is 0 Å². The van der Waals surface area contributed by atoms with Crippen molar-refractivity contribution in [3.63, 3.8) is 0 Å². The average Bonchev–Trinajstić information content (AvgIpc) is 2.41. The van der Waals surface area contributed by atoms with Gasteiger partial charge in [0.1, 0.15) is 0 Å². The third-order valence-electron chi connectivity index (χ3n) is 2.37. The number of halogens is 2. The first-order valence-corrected chi connectivity index (χ1v) is 6.30. The van der Waals surface area contributed by atoms with Crippen molar-refractivity contribution < 1.29 is 4.79 Å². The lowest BCUT2D eigenvalue weighted by Gasteiger charge is -2.08. The maximum absolute atomic E-state index is 11.7. The second-order valence-corrected chi connectivity index (χ2v) is 4.57. The average molecular weight is 296 g/mol. The van der Waals surface area contributed by atoms with Crippen LogP contribution in [0.3, 0.4) is 0 Å². The summed E-state index contributed by atoms with van der Waals surface area (Å²) in [5.74, 6) is 0. The van der Waals surface area contributed by atoms with Gasteiger partial charge in [-0.2, -0.15) is 0 Å². The Morgan fingerprint density at radius 1 is 1.16 bits per heavy atom. The minimum atomic E-state index is -0.343. The number of rotatable bonds is 3. The van der Waals surface area contributed by atoms with Crippen LogP contribution in [-0.2, 0) is 6.54 Å². The Labute approximate surface area is 120 Å². The van der Waals surface area contributed by atoms with Gasteiger partial charge in [-0.1, -0.05) is 35.3 Å². The molecule has 0 aliphatic rings. The minimum absolute atomic E-state index is 0.254. The molecule has 0 aliphatic carbocycles. The van der Waals surface area contributed by atoms with Gasteiger partial charge in [-0.3, -0.25) is 0 Å². The van der Waals surface area contributed by atoms with Crippen LogP contribution < -0.4 is 10.6 Å². The monoisotopic (exact) mass is 295 g/mol. The Morgan fingerprint density at radius 3 is 2.58 bits per heavy atom. The Bertz CT molecular complexity index is 572. The van der Waals surface area contributed by atoms with Gasteiger partial charge in [0, 0.05) is 17.8 Å². The van der Waals surface area contributed by atoms with Crippen LogP contribution in [0.2, 0.25) is 10.2 Å². The number of pyridine rings is 1. The number of aromatic nitrogens is 1. The lowest BCUT2D eigenvalue weighted by Crippen LogP contribution is -2.28. The molecule has 1 heterocycles. The molecule has 0 unspecified atom stereocenters. The summed E-state index contributed by atoms with van der Waals surface area (Å²) in [6.07, 6.45) is 1.55. The summed E-state index contributed by atoms with van der Waals surface area (Å²) in [6.45, 7) is 0.404. The van der Waals surface area contributed by atoms with E-state index in [0.717, 1.165) is 5.56 Å². The van der Waals surface area contributed by atoms with Crippen LogP contribution in [0, 0.1) is 0 Å². The molecule has 0 radical (unpaired) electrons. The summed E-state index contributed by atoms with van der Waals surface area (Å²) < 4.78 is 0. The lowest BCUT2D eigenvalue weighted by atomic mass is 10.2. The van der Waals surface area contributed by atoms with E-state index >= 15 is 0 Å². The van der Waals surface area contributed by atoms with Crippen molar-refractivity contribution in [1.29, 1.82) is 0 Å². The van der Waals surface area contributed by atoms with Gasteiger partial charge in [0.2, 0.25) is 0 Å². The summed E-state index contributed by atoms with van der Waals surface area (Å²) >= 11 is 11.6. The summed E-state index contributed by atoms with van der Waals surface area (Å²) in [4.78, 5) is 15.5. The molecule has 2 amide bonds. The van der Waals surface area contributed by atoms with Crippen molar-refractivity contribution in [2.45, 2.75) is 6.54 Å².